The van der Waals surface area contributed by atoms with Crippen molar-refractivity contribution in [2.45, 2.75) is 45.3 Å². The summed E-state index contributed by atoms with van der Waals surface area (Å²) in [6.07, 6.45) is 2.56. The molecule has 0 unspecified atom stereocenters. The molecule has 0 saturated carbocycles. The van der Waals surface area contributed by atoms with Crippen LogP contribution in [0.2, 0.25) is 5.02 Å². The van der Waals surface area contributed by atoms with E-state index in [9.17, 15) is 9.50 Å². The van der Waals surface area contributed by atoms with Gasteiger partial charge in [-0.25, -0.2) is 19.3 Å². The van der Waals surface area contributed by atoms with Crippen molar-refractivity contribution in [3.8, 4) is 11.3 Å². The van der Waals surface area contributed by atoms with E-state index in [2.05, 4.69) is 20.3 Å². The first-order valence-electron chi connectivity index (χ1n) is 10.0. The van der Waals surface area contributed by atoms with Crippen LogP contribution >= 0.6 is 11.6 Å². The van der Waals surface area contributed by atoms with E-state index in [4.69, 9.17) is 16.3 Å². The lowest BCUT2D eigenvalue weighted by Gasteiger charge is -2.32. The molecule has 0 radical (unpaired) electrons. The summed E-state index contributed by atoms with van der Waals surface area (Å²) in [5.74, 6) is 0.644. The van der Waals surface area contributed by atoms with Crippen molar-refractivity contribution in [2.24, 2.45) is 0 Å². The van der Waals surface area contributed by atoms with E-state index in [1.54, 1.807) is 0 Å². The molecule has 0 amide bonds. The number of hydrogen-bond donors (Lipinski definition) is 2. The Balaban J connectivity index is 1.69. The second kappa shape index (κ2) is 8.09. The van der Waals surface area contributed by atoms with Crippen LogP contribution in [-0.4, -0.2) is 50.0 Å². The normalized spacial score (nSPS) is 16.4. The first-order valence-corrected chi connectivity index (χ1v) is 10.4. The van der Waals surface area contributed by atoms with Crippen molar-refractivity contribution >= 4 is 28.6 Å². The summed E-state index contributed by atoms with van der Waals surface area (Å²) in [5.41, 5.74) is 1.12. The molecule has 0 bridgehead atoms. The van der Waals surface area contributed by atoms with Crippen LogP contribution in [0.1, 0.15) is 38.6 Å². The highest BCUT2D eigenvalue weighted by molar-refractivity contribution is 6.33. The van der Waals surface area contributed by atoms with Gasteiger partial charge in [-0.05, 0) is 32.9 Å². The molecule has 4 rings (SSSR count). The SMILES string of the molecule is Cc1nc2c(F)cc(-c3nc(NCC4(O)CCOCC4)ncc3Cl)cc2n1C(C)C. The van der Waals surface area contributed by atoms with E-state index in [1.807, 2.05) is 31.4 Å². The Morgan fingerprint density at radius 1 is 1.30 bits per heavy atom. The van der Waals surface area contributed by atoms with Crippen molar-refractivity contribution in [2.75, 3.05) is 25.1 Å². The summed E-state index contributed by atoms with van der Waals surface area (Å²) in [5, 5.41) is 14.0. The Labute approximate surface area is 179 Å². The minimum Gasteiger partial charge on any atom is -0.388 e. The average molecular weight is 434 g/mol. The van der Waals surface area contributed by atoms with E-state index >= 15 is 0 Å². The smallest absolute Gasteiger partial charge is 0.223 e. The fourth-order valence-electron chi connectivity index (χ4n) is 3.88. The number of anilines is 1. The summed E-state index contributed by atoms with van der Waals surface area (Å²) in [7, 11) is 0. The first-order chi connectivity index (χ1) is 14.3. The Hall–Kier alpha value is -2.29. The van der Waals surface area contributed by atoms with E-state index in [-0.39, 0.29) is 6.04 Å². The molecule has 30 heavy (non-hydrogen) atoms. The Morgan fingerprint density at radius 2 is 2.03 bits per heavy atom. The number of benzene rings is 1. The van der Waals surface area contributed by atoms with Crippen LogP contribution in [0.5, 0.6) is 0 Å². The highest BCUT2D eigenvalue weighted by Gasteiger charge is 2.29. The van der Waals surface area contributed by atoms with Gasteiger partial charge in [0.25, 0.3) is 0 Å². The van der Waals surface area contributed by atoms with Gasteiger partial charge in [0.1, 0.15) is 11.3 Å². The molecule has 1 saturated heterocycles. The van der Waals surface area contributed by atoms with Gasteiger partial charge in [0.15, 0.2) is 5.82 Å². The van der Waals surface area contributed by atoms with Crippen LogP contribution < -0.4 is 5.32 Å². The summed E-state index contributed by atoms with van der Waals surface area (Å²) >= 11 is 6.35. The highest BCUT2D eigenvalue weighted by Crippen LogP contribution is 2.32. The topological polar surface area (TPSA) is 85.1 Å². The molecule has 9 heteroatoms. The molecule has 0 spiro atoms. The molecule has 1 aliphatic heterocycles. The molecule has 1 fully saturated rings. The number of aryl methyl sites for hydroxylation is 1. The molecule has 7 nitrogen and oxygen atoms in total. The van der Waals surface area contributed by atoms with E-state index < -0.39 is 11.4 Å². The van der Waals surface area contributed by atoms with Crippen molar-refractivity contribution in [3.63, 3.8) is 0 Å². The van der Waals surface area contributed by atoms with Crippen LogP contribution in [0.4, 0.5) is 10.3 Å². The van der Waals surface area contributed by atoms with Crippen LogP contribution in [0.25, 0.3) is 22.3 Å². The van der Waals surface area contributed by atoms with Crippen LogP contribution in [0.3, 0.4) is 0 Å². The molecule has 0 atom stereocenters. The zero-order valence-electron chi connectivity index (χ0n) is 17.2. The van der Waals surface area contributed by atoms with Gasteiger partial charge >= 0.3 is 0 Å². The molecule has 3 aromatic rings. The fourth-order valence-corrected chi connectivity index (χ4v) is 4.08. The van der Waals surface area contributed by atoms with Gasteiger partial charge in [0.05, 0.1) is 28.0 Å². The molecule has 2 N–H and O–H groups in total. The van der Waals surface area contributed by atoms with Crippen molar-refractivity contribution < 1.29 is 14.2 Å². The number of nitrogens with one attached hydrogen (secondary N) is 1. The lowest BCUT2D eigenvalue weighted by atomic mass is 9.94. The molecular formula is C21H25ClFN5O2. The summed E-state index contributed by atoms with van der Waals surface area (Å²) in [6, 6.07) is 3.37. The van der Waals surface area contributed by atoms with Gasteiger partial charge in [0, 0.05) is 44.2 Å². The van der Waals surface area contributed by atoms with Gasteiger partial charge in [-0.1, -0.05) is 11.6 Å². The highest BCUT2D eigenvalue weighted by atomic mass is 35.5. The quantitative estimate of drug-likeness (QED) is 0.629. The standard InChI is InChI=1S/C21H25ClFN5O2/c1-12(2)28-13(3)26-19-16(23)8-14(9-17(19)28)18-15(22)10-24-20(27-18)25-11-21(29)4-6-30-7-5-21/h8-10,12,29H,4-7,11H2,1-3H3,(H,24,25,27). The third kappa shape index (κ3) is 3.99. The molecule has 160 valence electrons. The molecular weight excluding hydrogens is 409 g/mol. The molecule has 1 aromatic carbocycles. The van der Waals surface area contributed by atoms with Gasteiger partial charge in [-0.2, -0.15) is 0 Å². The van der Waals surface area contributed by atoms with Gasteiger partial charge < -0.3 is 19.7 Å². The number of aromatic nitrogens is 4. The maximum absolute atomic E-state index is 14.8. The van der Waals surface area contributed by atoms with Gasteiger partial charge in [-0.15, -0.1) is 0 Å². The zero-order valence-corrected chi connectivity index (χ0v) is 18.0. The maximum atomic E-state index is 14.8. The third-order valence-corrected chi connectivity index (χ3v) is 5.73. The fraction of sp³-hybridized carbons (Fsp3) is 0.476. The van der Waals surface area contributed by atoms with Gasteiger partial charge in [0.2, 0.25) is 5.95 Å². The van der Waals surface area contributed by atoms with Crippen molar-refractivity contribution in [3.05, 3.63) is 35.0 Å². The average Bonchev–Trinajstić information content (AvgIpc) is 3.04. The number of aliphatic hydroxyl groups is 1. The predicted octanol–water partition coefficient (Wildman–Crippen LogP) is 4.13. The number of ether oxygens (including phenoxy) is 1. The van der Waals surface area contributed by atoms with Crippen LogP contribution in [0, 0.1) is 12.7 Å². The lowest BCUT2D eigenvalue weighted by molar-refractivity contribution is -0.0544. The number of halogens is 2. The number of nitrogens with zero attached hydrogens (tertiary/aromatic N) is 4. The number of hydrogen-bond acceptors (Lipinski definition) is 6. The zero-order chi connectivity index (χ0) is 21.5. The second-order valence-electron chi connectivity index (χ2n) is 8.03. The minimum atomic E-state index is -0.867. The van der Waals surface area contributed by atoms with Crippen molar-refractivity contribution in [1.29, 1.82) is 0 Å². The largest absolute Gasteiger partial charge is 0.388 e. The lowest BCUT2D eigenvalue weighted by Crippen LogP contribution is -2.42. The monoisotopic (exact) mass is 433 g/mol. The number of fused-ring (bicyclic) bond motifs is 1. The summed E-state index contributed by atoms with van der Waals surface area (Å²) in [4.78, 5) is 13.1. The van der Waals surface area contributed by atoms with Crippen molar-refractivity contribution in [1.82, 2.24) is 19.5 Å². The summed E-state index contributed by atoms with van der Waals surface area (Å²) in [6.45, 7) is 7.25. The van der Waals surface area contributed by atoms with E-state index in [0.29, 0.717) is 65.9 Å². The summed E-state index contributed by atoms with van der Waals surface area (Å²) < 4.78 is 22.1. The maximum Gasteiger partial charge on any atom is 0.223 e. The van der Waals surface area contributed by atoms with E-state index in [0.717, 1.165) is 5.82 Å². The number of imidazole rings is 1. The minimum absolute atomic E-state index is 0.128. The second-order valence-corrected chi connectivity index (χ2v) is 8.44. The van der Waals surface area contributed by atoms with E-state index in [1.165, 1.54) is 12.3 Å². The number of rotatable bonds is 5. The molecule has 3 heterocycles. The van der Waals surface area contributed by atoms with Crippen LogP contribution in [0.15, 0.2) is 18.3 Å². The molecule has 2 aromatic heterocycles. The molecule has 0 aliphatic carbocycles. The Kier molecular flexibility index (Phi) is 5.65. The Morgan fingerprint density at radius 3 is 2.73 bits per heavy atom. The molecule has 1 aliphatic rings. The Bertz CT molecular complexity index is 1080. The third-order valence-electron chi connectivity index (χ3n) is 5.46. The predicted molar refractivity (Wildman–Crippen MR) is 114 cm³/mol. The first kappa shape index (κ1) is 21.0. The van der Waals surface area contributed by atoms with Gasteiger partial charge in [-0.3, -0.25) is 0 Å². The van der Waals surface area contributed by atoms with Crippen LogP contribution in [-0.2, 0) is 4.74 Å².